The summed E-state index contributed by atoms with van der Waals surface area (Å²) in [5.41, 5.74) is 4.41. The predicted molar refractivity (Wildman–Crippen MR) is 141 cm³/mol. The third-order valence-electron chi connectivity index (χ3n) is 6.33. The molecule has 0 unspecified atom stereocenters. The SMILES string of the molecule is CCN(CC)CCC[C@@H](C)NC(=O)c1cc(-c2ccc(Cl)cc2)n(-c2cccc(OC)c2)c1C. The lowest BCUT2D eigenvalue weighted by molar-refractivity contribution is 0.0936. The number of benzene rings is 2. The van der Waals surface area contributed by atoms with Gasteiger partial charge in [0.1, 0.15) is 5.75 Å². The van der Waals surface area contributed by atoms with Crippen LogP contribution in [0, 0.1) is 6.92 Å². The summed E-state index contributed by atoms with van der Waals surface area (Å²) in [6, 6.07) is 17.6. The van der Waals surface area contributed by atoms with Crippen LogP contribution in [0.2, 0.25) is 5.02 Å². The van der Waals surface area contributed by atoms with Gasteiger partial charge in [-0.1, -0.05) is 43.6 Å². The summed E-state index contributed by atoms with van der Waals surface area (Å²) in [5, 5.41) is 3.88. The van der Waals surface area contributed by atoms with Crippen LogP contribution in [-0.2, 0) is 0 Å². The van der Waals surface area contributed by atoms with Crippen molar-refractivity contribution in [2.75, 3.05) is 26.7 Å². The smallest absolute Gasteiger partial charge is 0.253 e. The summed E-state index contributed by atoms with van der Waals surface area (Å²) in [5.74, 6) is 0.713. The summed E-state index contributed by atoms with van der Waals surface area (Å²) in [6.45, 7) is 11.6. The van der Waals surface area contributed by atoms with E-state index in [1.165, 1.54) is 0 Å². The van der Waals surface area contributed by atoms with Gasteiger partial charge in [0.05, 0.1) is 18.4 Å². The summed E-state index contributed by atoms with van der Waals surface area (Å²) in [7, 11) is 1.65. The molecule has 0 aliphatic carbocycles. The van der Waals surface area contributed by atoms with Crippen LogP contribution in [0.5, 0.6) is 5.75 Å². The number of carbonyl (C=O) groups excluding carboxylic acids is 1. The highest BCUT2D eigenvalue weighted by Crippen LogP contribution is 2.31. The van der Waals surface area contributed by atoms with E-state index in [-0.39, 0.29) is 11.9 Å². The van der Waals surface area contributed by atoms with Crippen LogP contribution in [0.1, 0.15) is 49.7 Å². The number of hydrogen-bond acceptors (Lipinski definition) is 3. The highest BCUT2D eigenvalue weighted by Gasteiger charge is 2.21. The van der Waals surface area contributed by atoms with Crippen molar-refractivity contribution in [3.63, 3.8) is 0 Å². The molecule has 0 fully saturated rings. The maximum absolute atomic E-state index is 13.3. The molecule has 0 saturated carbocycles. The van der Waals surface area contributed by atoms with Gasteiger partial charge in [0, 0.05) is 28.5 Å². The molecular weight excluding hydrogens is 446 g/mol. The molecule has 1 amide bonds. The van der Waals surface area contributed by atoms with Crippen molar-refractivity contribution in [2.24, 2.45) is 0 Å². The van der Waals surface area contributed by atoms with Crippen LogP contribution < -0.4 is 10.1 Å². The molecule has 2 aromatic carbocycles. The van der Waals surface area contributed by atoms with Gasteiger partial charge in [0.15, 0.2) is 0 Å². The Morgan fingerprint density at radius 3 is 2.47 bits per heavy atom. The molecule has 0 aliphatic rings. The zero-order valence-corrected chi connectivity index (χ0v) is 21.7. The second-order valence-electron chi connectivity index (χ2n) is 8.62. The average Bonchev–Trinajstić information content (AvgIpc) is 3.19. The van der Waals surface area contributed by atoms with E-state index in [1.54, 1.807) is 7.11 Å². The molecule has 0 aliphatic heterocycles. The van der Waals surface area contributed by atoms with E-state index in [4.69, 9.17) is 16.3 Å². The van der Waals surface area contributed by atoms with Crippen molar-refractivity contribution in [1.82, 2.24) is 14.8 Å². The molecule has 34 heavy (non-hydrogen) atoms. The number of rotatable bonds is 11. The van der Waals surface area contributed by atoms with Gasteiger partial charge in [0.2, 0.25) is 0 Å². The molecule has 182 valence electrons. The topological polar surface area (TPSA) is 46.5 Å². The first-order valence-corrected chi connectivity index (χ1v) is 12.4. The Bertz CT molecular complexity index is 1090. The van der Waals surface area contributed by atoms with Crippen molar-refractivity contribution in [1.29, 1.82) is 0 Å². The normalized spacial score (nSPS) is 12.1. The number of ether oxygens (including phenoxy) is 1. The second kappa shape index (κ2) is 12.1. The fourth-order valence-electron chi connectivity index (χ4n) is 4.29. The maximum atomic E-state index is 13.3. The molecule has 5 nitrogen and oxygen atoms in total. The Labute approximate surface area is 208 Å². The molecule has 0 saturated heterocycles. The van der Waals surface area contributed by atoms with E-state index in [0.29, 0.717) is 10.6 Å². The summed E-state index contributed by atoms with van der Waals surface area (Å²) in [6.07, 6.45) is 2.00. The number of amides is 1. The minimum atomic E-state index is -0.0512. The Morgan fingerprint density at radius 2 is 1.82 bits per heavy atom. The Hall–Kier alpha value is -2.76. The van der Waals surface area contributed by atoms with Crippen molar-refractivity contribution in [3.8, 4) is 22.7 Å². The van der Waals surface area contributed by atoms with Crippen molar-refractivity contribution in [3.05, 3.63) is 70.9 Å². The zero-order valence-electron chi connectivity index (χ0n) is 20.9. The van der Waals surface area contributed by atoms with Crippen LogP contribution in [0.3, 0.4) is 0 Å². The van der Waals surface area contributed by atoms with Gasteiger partial charge in [-0.2, -0.15) is 0 Å². The van der Waals surface area contributed by atoms with Crippen molar-refractivity contribution < 1.29 is 9.53 Å². The number of aromatic nitrogens is 1. The highest BCUT2D eigenvalue weighted by atomic mass is 35.5. The molecule has 0 spiro atoms. The second-order valence-corrected chi connectivity index (χ2v) is 9.05. The molecule has 3 aromatic rings. The number of halogens is 1. The summed E-state index contributed by atoms with van der Waals surface area (Å²) < 4.78 is 7.54. The number of hydrogen-bond donors (Lipinski definition) is 1. The van der Waals surface area contributed by atoms with Crippen LogP contribution in [0.25, 0.3) is 16.9 Å². The van der Waals surface area contributed by atoms with Crippen LogP contribution in [0.15, 0.2) is 54.6 Å². The number of nitrogens with one attached hydrogen (secondary N) is 1. The third-order valence-corrected chi connectivity index (χ3v) is 6.58. The Kier molecular flexibility index (Phi) is 9.20. The maximum Gasteiger partial charge on any atom is 0.253 e. The van der Waals surface area contributed by atoms with E-state index < -0.39 is 0 Å². The van der Waals surface area contributed by atoms with Crippen molar-refractivity contribution in [2.45, 2.75) is 46.6 Å². The van der Waals surface area contributed by atoms with Gasteiger partial charge < -0.3 is 19.5 Å². The van der Waals surface area contributed by atoms with Gasteiger partial charge in [-0.25, -0.2) is 0 Å². The lowest BCUT2D eigenvalue weighted by atomic mass is 10.1. The quantitative estimate of drug-likeness (QED) is 0.347. The Balaban J connectivity index is 1.89. The molecule has 0 radical (unpaired) electrons. The molecule has 1 N–H and O–H groups in total. The molecule has 0 bridgehead atoms. The molecule has 1 aromatic heterocycles. The molecule has 1 atom stereocenters. The van der Waals surface area contributed by atoms with E-state index in [0.717, 1.165) is 60.9 Å². The van der Waals surface area contributed by atoms with E-state index in [1.807, 2.05) is 61.5 Å². The monoisotopic (exact) mass is 481 g/mol. The van der Waals surface area contributed by atoms with Crippen LogP contribution >= 0.6 is 11.6 Å². The first-order chi connectivity index (χ1) is 16.4. The molecule has 6 heteroatoms. The molecular formula is C28H36ClN3O2. The molecule has 3 rings (SSSR count). The van der Waals surface area contributed by atoms with Crippen LogP contribution in [0.4, 0.5) is 0 Å². The predicted octanol–water partition coefficient (Wildman–Crippen LogP) is 6.36. The third kappa shape index (κ3) is 6.22. The fourth-order valence-corrected chi connectivity index (χ4v) is 4.41. The van der Waals surface area contributed by atoms with Gasteiger partial charge in [0.25, 0.3) is 5.91 Å². The lowest BCUT2D eigenvalue weighted by Gasteiger charge is -2.19. The van der Waals surface area contributed by atoms with Gasteiger partial charge in [-0.15, -0.1) is 0 Å². The first kappa shape index (κ1) is 25.9. The average molecular weight is 482 g/mol. The summed E-state index contributed by atoms with van der Waals surface area (Å²) in [4.78, 5) is 15.7. The number of methoxy groups -OCH3 is 1. The number of carbonyl (C=O) groups is 1. The first-order valence-electron chi connectivity index (χ1n) is 12.0. The van der Waals surface area contributed by atoms with E-state index >= 15 is 0 Å². The molecule has 1 heterocycles. The van der Waals surface area contributed by atoms with Gasteiger partial charge in [-0.3, -0.25) is 4.79 Å². The minimum absolute atomic E-state index is 0.0512. The highest BCUT2D eigenvalue weighted by molar-refractivity contribution is 6.30. The number of nitrogens with zero attached hydrogens (tertiary/aromatic N) is 2. The van der Waals surface area contributed by atoms with E-state index in [9.17, 15) is 4.79 Å². The minimum Gasteiger partial charge on any atom is -0.497 e. The zero-order chi connectivity index (χ0) is 24.7. The standard InChI is InChI=1S/C28H36ClN3O2/c1-6-31(7-2)17-9-10-20(3)30-28(33)26-19-27(22-13-15-23(29)16-14-22)32(21(26)4)24-11-8-12-25(18-24)34-5/h8,11-16,18-20H,6-7,9-10,17H2,1-5H3,(H,30,33)/t20-/m1/s1. The van der Waals surface area contributed by atoms with Gasteiger partial charge >= 0.3 is 0 Å². The van der Waals surface area contributed by atoms with Crippen LogP contribution in [-0.4, -0.2) is 48.2 Å². The lowest BCUT2D eigenvalue weighted by Crippen LogP contribution is -2.34. The summed E-state index contributed by atoms with van der Waals surface area (Å²) >= 11 is 6.13. The fraction of sp³-hybridized carbons (Fsp3) is 0.393. The van der Waals surface area contributed by atoms with Gasteiger partial charge in [-0.05, 0) is 82.2 Å². The largest absolute Gasteiger partial charge is 0.497 e. The van der Waals surface area contributed by atoms with Crippen molar-refractivity contribution >= 4 is 17.5 Å². The van der Waals surface area contributed by atoms with E-state index in [2.05, 4.69) is 35.6 Å². The Morgan fingerprint density at radius 1 is 1.12 bits per heavy atom.